The Kier molecular flexibility index (Phi) is 3.72. The SMILES string of the molecule is CCc1nnc2n1C[C@H](NC(=O)Cn1nnc3ccccc31)CC2. The standard InChI is InChI=1S/C16H19N7O/c1-2-14-19-20-15-8-7-11(9-22(14)15)17-16(24)10-23-13-6-4-3-5-12(13)18-21-23/h3-6,11H,2,7-10H2,1H3,(H,17,24)/t11-/m1/s1. The summed E-state index contributed by atoms with van der Waals surface area (Å²) in [5.41, 5.74) is 1.66. The zero-order valence-electron chi connectivity index (χ0n) is 13.5. The van der Waals surface area contributed by atoms with Gasteiger partial charge in [0, 0.05) is 25.4 Å². The molecule has 0 spiro atoms. The zero-order valence-corrected chi connectivity index (χ0v) is 13.5. The fraction of sp³-hybridized carbons (Fsp3) is 0.438. The minimum Gasteiger partial charge on any atom is -0.350 e. The van der Waals surface area contributed by atoms with Gasteiger partial charge in [-0.1, -0.05) is 24.3 Å². The van der Waals surface area contributed by atoms with Gasteiger partial charge in [-0.3, -0.25) is 4.79 Å². The Hall–Kier alpha value is -2.77. The first kappa shape index (κ1) is 14.8. The van der Waals surface area contributed by atoms with Gasteiger partial charge in [-0.2, -0.15) is 0 Å². The van der Waals surface area contributed by atoms with Crippen LogP contribution in [0.1, 0.15) is 25.0 Å². The van der Waals surface area contributed by atoms with Gasteiger partial charge in [0.15, 0.2) is 0 Å². The second-order valence-electron chi connectivity index (χ2n) is 6.04. The smallest absolute Gasteiger partial charge is 0.242 e. The van der Waals surface area contributed by atoms with Gasteiger partial charge in [-0.05, 0) is 18.6 Å². The molecule has 0 saturated heterocycles. The molecular weight excluding hydrogens is 306 g/mol. The minimum atomic E-state index is -0.0507. The fourth-order valence-electron chi connectivity index (χ4n) is 3.21. The summed E-state index contributed by atoms with van der Waals surface area (Å²) in [6.07, 6.45) is 2.56. The number of rotatable bonds is 4. The topological polar surface area (TPSA) is 90.5 Å². The average molecular weight is 325 g/mol. The van der Waals surface area contributed by atoms with Gasteiger partial charge < -0.3 is 9.88 Å². The molecule has 8 heteroatoms. The van der Waals surface area contributed by atoms with E-state index < -0.39 is 0 Å². The lowest BCUT2D eigenvalue weighted by molar-refractivity contribution is -0.122. The quantitative estimate of drug-likeness (QED) is 0.763. The van der Waals surface area contributed by atoms with Crippen molar-refractivity contribution in [3.63, 3.8) is 0 Å². The highest BCUT2D eigenvalue weighted by Crippen LogP contribution is 2.16. The summed E-state index contributed by atoms with van der Waals surface area (Å²) in [5.74, 6) is 1.94. The van der Waals surface area contributed by atoms with Crippen LogP contribution in [0.5, 0.6) is 0 Å². The first-order valence-electron chi connectivity index (χ1n) is 8.23. The lowest BCUT2D eigenvalue weighted by Crippen LogP contribution is -2.42. The van der Waals surface area contributed by atoms with Crippen LogP contribution in [0.25, 0.3) is 11.0 Å². The van der Waals surface area contributed by atoms with Gasteiger partial charge in [0.25, 0.3) is 0 Å². The predicted octanol–water partition coefficient (Wildman–Crippen LogP) is 0.716. The van der Waals surface area contributed by atoms with Gasteiger partial charge in [-0.25, -0.2) is 4.68 Å². The maximum absolute atomic E-state index is 12.4. The number of hydrogen-bond donors (Lipinski definition) is 1. The van der Waals surface area contributed by atoms with Gasteiger partial charge in [0.1, 0.15) is 23.7 Å². The third-order valence-corrected chi connectivity index (χ3v) is 4.42. The molecule has 24 heavy (non-hydrogen) atoms. The second-order valence-corrected chi connectivity index (χ2v) is 6.04. The van der Waals surface area contributed by atoms with E-state index >= 15 is 0 Å². The molecule has 3 heterocycles. The normalized spacial score (nSPS) is 17.0. The fourth-order valence-corrected chi connectivity index (χ4v) is 3.21. The molecule has 0 bridgehead atoms. The predicted molar refractivity (Wildman–Crippen MR) is 87.2 cm³/mol. The summed E-state index contributed by atoms with van der Waals surface area (Å²) >= 11 is 0. The Morgan fingerprint density at radius 3 is 3.04 bits per heavy atom. The van der Waals surface area contributed by atoms with Crippen molar-refractivity contribution >= 4 is 16.9 Å². The highest BCUT2D eigenvalue weighted by atomic mass is 16.2. The number of para-hydroxylation sites is 1. The Morgan fingerprint density at radius 2 is 2.17 bits per heavy atom. The van der Waals surface area contributed by atoms with Crippen LogP contribution in [-0.2, 0) is 30.7 Å². The molecule has 1 aliphatic heterocycles. The van der Waals surface area contributed by atoms with E-state index in [4.69, 9.17) is 0 Å². The van der Waals surface area contributed by atoms with Gasteiger partial charge in [0.05, 0.1) is 5.52 Å². The van der Waals surface area contributed by atoms with Crippen molar-refractivity contribution in [2.75, 3.05) is 0 Å². The summed E-state index contributed by atoms with van der Waals surface area (Å²) in [6, 6.07) is 7.73. The van der Waals surface area contributed by atoms with E-state index in [0.29, 0.717) is 0 Å². The molecule has 4 rings (SSSR count). The number of aryl methyl sites for hydroxylation is 2. The number of benzene rings is 1. The third kappa shape index (κ3) is 2.64. The lowest BCUT2D eigenvalue weighted by atomic mass is 10.1. The highest BCUT2D eigenvalue weighted by Gasteiger charge is 2.23. The van der Waals surface area contributed by atoms with E-state index in [1.54, 1.807) is 4.68 Å². The molecule has 2 aromatic heterocycles. The number of hydrogen-bond acceptors (Lipinski definition) is 5. The minimum absolute atomic E-state index is 0.0507. The van der Waals surface area contributed by atoms with Crippen LogP contribution >= 0.6 is 0 Å². The Labute approximate surface area is 138 Å². The van der Waals surface area contributed by atoms with Crippen LogP contribution in [0.2, 0.25) is 0 Å². The summed E-state index contributed by atoms with van der Waals surface area (Å²) in [5, 5.41) is 19.7. The van der Waals surface area contributed by atoms with Crippen molar-refractivity contribution in [2.45, 2.75) is 45.3 Å². The second kappa shape index (κ2) is 6.03. The van der Waals surface area contributed by atoms with Crippen molar-refractivity contribution in [1.82, 2.24) is 35.1 Å². The molecule has 0 fully saturated rings. The van der Waals surface area contributed by atoms with E-state index in [9.17, 15) is 4.79 Å². The van der Waals surface area contributed by atoms with Crippen molar-refractivity contribution in [3.8, 4) is 0 Å². The molecule has 1 aromatic carbocycles. The molecular formula is C16H19N7O. The van der Waals surface area contributed by atoms with Crippen LogP contribution in [0, 0.1) is 0 Å². The number of nitrogens with zero attached hydrogens (tertiary/aromatic N) is 6. The monoisotopic (exact) mass is 325 g/mol. The van der Waals surface area contributed by atoms with Gasteiger partial charge >= 0.3 is 0 Å². The van der Waals surface area contributed by atoms with E-state index in [2.05, 4.69) is 37.3 Å². The summed E-state index contributed by atoms with van der Waals surface area (Å²) in [6.45, 7) is 2.97. The average Bonchev–Trinajstić information content (AvgIpc) is 3.19. The Balaban J connectivity index is 1.43. The molecule has 1 aliphatic rings. The number of aromatic nitrogens is 6. The number of carbonyl (C=O) groups excluding carboxylic acids is 1. The summed E-state index contributed by atoms with van der Waals surface area (Å²) < 4.78 is 3.76. The summed E-state index contributed by atoms with van der Waals surface area (Å²) in [4.78, 5) is 12.4. The molecule has 0 saturated carbocycles. The maximum Gasteiger partial charge on any atom is 0.242 e. The molecule has 0 unspecified atom stereocenters. The zero-order chi connectivity index (χ0) is 16.5. The lowest BCUT2D eigenvalue weighted by Gasteiger charge is -2.25. The largest absolute Gasteiger partial charge is 0.350 e. The first-order chi connectivity index (χ1) is 11.7. The number of carbonyl (C=O) groups is 1. The number of fused-ring (bicyclic) bond motifs is 2. The number of nitrogens with one attached hydrogen (secondary N) is 1. The molecule has 1 N–H and O–H groups in total. The molecule has 8 nitrogen and oxygen atoms in total. The van der Waals surface area contributed by atoms with Crippen molar-refractivity contribution in [3.05, 3.63) is 35.9 Å². The van der Waals surface area contributed by atoms with E-state index in [1.165, 1.54) is 0 Å². The van der Waals surface area contributed by atoms with Crippen molar-refractivity contribution in [2.24, 2.45) is 0 Å². The van der Waals surface area contributed by atoms with Gasteiger partial charge in [0.2, 0.25) is 5.91 Å². The van der Waals surface area contributed by atoms with E-state index in [1.807, 2.05) is 24.3 Å². The molecule has 0 radical (unpaired) electrons. The van der Waals surface area contributed by atoms with Crippen molar-refractivity contribution in [1.29, 1.82) is 0 Å². The molecule has 1 amide bonds. The van der Waals surface area contributed by atoms with E-state index in [0.717, 1.165) is 48.5 Å². The van der Waals surface area contributed by atoms with Crippen molar-refractivity contribution < 1.29 is 4.79 Å². The van der Waals surface area contributed by atoms with Crippen LogP contribution < -0.4 is 5.32 Å². The Bertz CT molecular complexity index is 868. The highest BCUT2D eigenvalue weighted by molar-refractivity contribution is 5.79. The molecule has 0 aliphatic carbocycles. The first-order valence-corrected chi connectivity index (χ1v) is 8.23. The summed E-state index contributed by atoms with van der Waals surface area (Å²) in [7, 11) is 0. The van der Waals surface area contributed by atoms with Crippen LogP contribution in [0.4, 0.5) is 0 Å². The van der Waals surface area contributed by atoms with Crippen LogP contribution in [0.15, 0.2) is 24.3 Å². The van der Waals surface area contributed by atoms with Crippen LogP contribution in [0.3, 0.4) is 0 Å². The molecule has 1 atom stereocenters. The Morgan fingerprint density at radius 1 is 1.29 bits per heavy atom. The molecule has 3 aromatic rings. The molecule has 124 valence electrons. The van der Waals surface area contributed by atoms with Gasteiger partial charge in [-0.15, -0.1) is 15.3 Å². The third-order valence-electron chi connectivity index (χ3n) is 4.42. The number of amides is 1. The van der Waals surface area contributed by atoms with E-state index in [-0.39, 0.29) is 18.5 Å². The maximum atomic E-state index is 12.4. The van der Waals surface area contributed by atoms with Crippen LogP contribution in [-0.4, -0.2) is 41.7 Å².